The zero-order valence-electron chi connectivity index (χ0n) is 10.6. The Balaban J connectivity index is 2.25. The van der Waals surface area contributed by atoms with Crippen molar-refractivity contribution >= 4 is 22.5 Å². The maximum absolute atomic E-state index is 13.5. The van der Waals surface area contributed by atoms with E-state index >= 15 is 0 Å². The van der Waals surface area contributed by atoms with Gasteiger partial charge in [0.05, 0.1) is 29.2 Å². The Morgan fingerprint density at radius 3 is 2.55 bits per heavy atom. The SMILES string of the molecule is Oc1cc(-n2ncc3cc(Cl)ncc32)cc(C(F)(F)F)c1F. The molecule has 0 unspecified atom stereocenters. The van der Waals surface area contributed by atoms with E-state index in [1.807, 2.05) is 0 Å². The van der Waals surface area contributed by atoms with Gasteiger partial charge in [0, 0.05) is 11.5 Å². The summed E-state index contributed by atoms with van der Waals surface area (Å²) in [5.74, 6) is -2.84. The fraction of sp³-hybridized carbons (Fsp3) is 0.0769. The molecule has 0 radical (unpaired) electrons. The van der Waals surface area contributed by atoms with Crippen LogP contribution in [0.2, 0.25) is 5.15 Å². The standard InChI is InChI=1S/C13H6ClF4N3O/c14-11-1-6-4-20-21(9(6)5-19-11)7-2-8(13(16,17)18)12(15)10(22)3-7/h1-5,22H. The van der Waals surface area contributed by atoms with E-state index in [9.17, 15) is 22.7 Å². The zero-order valence-corrected chi connectivity index (χ0v) is 11.3. The number of phenolic OH excluding ortho intramolecular Hbond substituents is 1. The number of rotatable bonds is 1. The van der Waals surface area contributed by atoms with E-state index in [4.69, 9.17) is 11.6 Å². The summed E-state index contributed by atoms with van der Waals surface area (Å²) in [4.78, 5) is 3.82. The first-order valence-electron chi connectivity index (χ1n) is 5.87. The molecule has 0 bridgehead atoms. The third-order valence-electron chi connectivity index (χ3n) is 3.01. The van der Waals surface area contributed by atoms with Crippen molar-refractivity contribution in [3.05, 3.63) is 47.1 Å². The molecule has 0 aliphatic heterocycles. The van der Waals surface area contributed by atoms with E-state index in [1.165, 1.54) is 18.5 Å². The largest absolute Gasteiger partial charge is 0.505 e. The van der Waals surface area contributed by atoms with Crippen molar-refractivity contribution < 1.29 is 22.7 Å². The second-order valence-electron chi connectivity index (χ2n) is 4.45. The molecule has 1 N–H and O–H groups in total. The van der Waals surface area contributed by atoms with Crippen molar-refractivity contribution in [2.45, 2.75) is 6.18 Å². The Hall–Kier alpha value is -2.35. The summed E-state index contributed by atoms with van der Waals surface area (Å²) in [6, 6.07) is 2.90. The van der Waals surface area contributed by atoms with Crippen molar-refractivity contribution in [2.75, 3.05) is 0 Å². The molecule has 0 amide bonds. The Labute approximate surface area is 125 Å². The number of hydrogen-bond acceptors (Lipinski definition) is 3. The highest BCUT2D eigenvalue weighted by Crippen LogP contribution is 2.36. The van der Waals surface area contributed by atoms with Crippen LogP contribution in [0.4, 0.5) is 17.6 Å². The average Bonchev–Trinajstić information content (AvgIpc) is 2.83. The fourth-order valence-corrected chi connectivity index (χ4v) is 2.19. The summed E-state index contributed by atoms with van der Waals surface area (Å²) in [6.45, 7) is 0. The van der Waals surface area contributed by atoms with Crippen LogP contribution in [0.15, 0.2) is 30.6 Å². The van der Waals surface area contributed by atoms with E-state index in [1.54, 1.807) is 0 Å². The molecule has 22 heavy (non-hydrogen) atoms. The lowest BCUT2D eigenvalue weighted by molar-refractivity contribution is -0.140. The quantitative estimate of drug-likeness (QED) is 0.543. The molecular weight excluding hydrogens is 326 g/mol. The molecule has 114 valence electrons. The first kappa shape index (κ1) is 14.6. The van der Waals surface area contributed by atoms with Crippen molar-refractivity contribution in [1.29, 1.82) is 0 Å². The van der Waals surface area contributed by atoms with Gasteiger partial charge in [-0.05, 0) is 12.1 Å². The van der Waals surface area contributed by atoms with Gasteiger partial charge < -0.3 is 5.11 Å². The Kier molecular flexibility index (Phi) is 3.21. The molecule has 0 atom stereocenters. The molecule has 2 aromatic heterocycles. The van der Waals surface area contributed by atoms with Crippen LogP contribution in [0.3, 0.4) is 0 Å². The Morgan fingerprint density at radius 1 is 1.14 bits per heavy atom. The van der Waals surface area contributed by atoms with Gasteiger partial charge in [-0.1, -0.05) is 11.6 Å². The molecule has 0 fully saturated rings. The number of aromatic hydroxyl groups is 1. The average molecular weight is 332 g/mol. The number of alkyl halides is 3. The minimum atomic E-state index is -4.94. The van der Waals surface area contributed by atoms with Crippen LogP contribution in [-0.2, 0) is 6.18 Å². The number of aromatic nitrogens is 3. The van der Waals surface area contributed by atoms with E-state index in [2.05, 4.69) is 10.1 Å². The highest BCUT2D eigenvalue weighted by atomic mass is 35.5. The fourth-order valence-electron chi connectivity index (χ4n) is 2.03. The van der Waals surface area contributed by atoms with Gasteiger partial charge in [-0.25, -0.2) is 14.1 Å². The van der Waals surface area contributed by atoms with Gasteiger partial charge in [-0.15, -0.1) is 0 Å². The molecule has 3 aromatic rings. The minimum absolute atomic E-state index is 0.148. The highest BCUT2D eigenvalue weighted by molar-refractivity contribution is 6.30. The predicted molar refractivity (Wildman–Crippen MR) is 70.5 cm³/mol. The normalized spacial score (nSPS) is 12.0. The Morgan fingerprint density at radius 2 is 1.86 bits per heavy atom. The van der Waals surface area contributed by atoms with Crippen LogP contribution < -0.4 is 0 Å². The second kappa shape index (κ2) is 4.84. The van der Waals surface area contributed by atoms with Crippen molar-refractivity contribution in [2.24, 2.45) is 0 Å². The first-order chi connectivity index (χ1) is 10.3. The van der Waals surface area contributed by atoms with Crippen LogP contribution in [0.1, 0.15) is 5.56 Å². The van der Waals surface area contributed by atoms with E-state index < -0.39 is 23.3 Å². The molecule has 2 heterocycles. The van der Waals surface area contributed by atoms with E-state index in [-0.39, 0.29) is 10.8 Å². The maximum atomic E-state index is 13.5. The van der Waals surface area contributed by atoms with Crippen LogP contribution in [0.25, 0.3) is 16.6 Å². The Bertz CT molecular complexity index is 876. The smallest absolute Gasteiger partial charge is 0.419 e. The summed E-state index contributed by atoms with van der Waals surface area (Å²) >= 11 is 5.72. The summed E-state index contributed by atoms with van der Waals surface area (Å²) < 4.78 is 53.0. The maximum Gasteiger partial charge on any atom is 0.419 e. The van der Waals surface area contributed by atoms with Crippen LogP contribution >= 0.6 is 11.6 Å². The third-order valence-corrected chi connectivity index (χ3v) is 3.22. The second-order valence-corrected chi connectivity index (χ2v) is 4.83. The number of nitrogens with zero attached hydrogens (tertiary/aromatic N) is 3. The third kappa shape index (κ3) is 2.35. The molecule has 3 rings (SSSR count). The van der Waals surface area contributed by atoms with E-state index in [0.717, 1.165) is 10.7 Å². The molecule has 9 heteroatoms. The topological polar surface area (TPSA) is 50.9 Å². The van der Waals surface area contributed by atoms with Crippen molar-refractivity contribution in [1.82, 2.24) is 14.8 Å². The summed E-state index contributed by atoms with van der Waals surface area (Å²) in [6.07, 6.45) is -2.25. The number of halogens is 5. The molecule has 0 aliphatic rings. The van der Waals surface area contributed by atoms with Crippen LogP contribution in [0, 0.1) is 5.82 Å². The number of fused-ring (bicyclic) bond motifs is 1. The summed E-state index contributed by atoms with van der Waals surface area (Å²) in [5.41, 5.74) is -1.36. The number of benzene rings is 1. The molecule has 1 aromatic carbocycles. The highest BCUT2D eigenvalue weighted by Gasteiger charge is 2.36. The van der Waals surface area contributed by atoms with Gasteiger partial charge in [0.15, 0.2) is 11.6 Å². The number of phenols is 1. The lowest BCUT2D eigenvalue weighted by Gasteiger charge is -2.12. The van der Waals surface area contributed by atoms with E-state index in [0.29, 0.717) is 17.0 Å². The van der Waals surface area contributed by atoms with Gasteiger partial charge in [0.2, 0.25) is 0 Å². The van der Waals surface area contributed by atoms with Gasteiger partial charge in [0.1, 0.15) is 5.15 Å². The lowest BCUT2D eigenvalue weighted by atomic mass is 10.1. The summed E-state index contributed by atoms with van der Waals surface area (Å²) in [5, 5.41) is 14.1. The van der Waals surface area contributed by atoms with Gasteiger partial charge in [0.25, 0.3) is 0 Å². The van der Waals surface area contributed by atoms with Crippen molar-refractivity contribution in [3.63, 3.8) is 0 Å². The molecule has 0 aliphatic carbocycles. The molecule has 4 nitrogen and oxygen atoms in total. The zero-order chi connectivity index (χ0) is 16.1. The minimum Gasteiger partial charge on any atom is -0.505 e. The van der Waals surface area contributed by atoms with Gasteiger partial charge in [-0.2, -0.15) is 18.3 Å². The monoisotopic (exact) mass is 331 g/mol. The molecule has 0 saturated carbocycles. The van der Waals surface area contributed by atoms with Crippen LogP contribution in [0.5, 0.6) is 5.75 Å². The van der Waals surface area contributed by atoms with Crippen molar-refractivity contribution in [3.8, 4) is 11.4 Å². The number of pyridine rings is 1. The first-order valence-corrected chi connectivity index (χ1v) is 6.24. The molecular formula is C13H6ClF4N3O. The van der Waals surface area contributed by atoms with Gasteiger partial charge in [-0.3, -0.25) is 0 Å². The molecule has 0 saturated heterocycles. The lowest BCUT2D eigenvalue weighted by Crippen LogP contribution is -2.10. The summed E-state index contributed by atoms with van der Waals surface area (Å²) in [7, 11) is 0. The van der Waals surface area contributed by atoms with Gasteiger partial charge >= 0.3 is 6.18 Å². The van der Waals surface area contributed by atoms with Crippen LogP contribution in [-0.4, -0.2) is 19.9 Å². The number of hydrogen-bond donors (Lipinski definition) is 1. The molecule has 0 spiro atoms. The predicted octanol–water partition coefficient (Wildman–Crippen LogP) is 3.94.